The molecular formula is C28H25Cl2NO3. The van der Waals surface area contributed by atoms with Gasteiger partial charge in [-0.05, 0) is 90.4 Å². The number of allylic oxidation sites excluding steroid dienone is 1. The predicted molar refractivity (Wildman–Crippen MR) is 138 cm³/mol. The van der Waals surface area contributed by atoms with Crippen LogP contribution in [0, 0.1) is 0 Å². The van der Waals surface area contributed by atoms with Crippen molar-refractivity contribution in [1.82, 2.24) is 0 Å². The van der Waals surface area contributed by atoms with Crippen LogP contribution in [-0.4, -0.2) is 23.7 Å². The van der Waals surface area contributed by atoms with Gasteiger partial charge in [-0.25, -0.2) is 4.79 Å². The molecule has 2 aliphatic carbocycles. The first-order chi connectivity index (χ1) is 16.4. The molecule has 0 unspecified atom stereocenters. The zero-order chi connectivity index (χ0) is 23.9. The number of carboxylic acids is 1. The van der Waals surface area contributed by atoms with Crippen LogP contribution in [0.15, 0.2) is 66.7 Å². The standard InChI is InChI=1S/C28H25Cl2NO3/c1-34-21-9-10-22(25(30)17-21)24-15-18-5-2-3-8-23(18)27(24)11-13-28(14-12-27,26(32)33)31-20-7-4-6-19(29)16-20/h2-10,15-17,31H,11-14H2,1H3,(H,32,33). The molecule has 0 aliphatic heterocycles. The Morgan fingerprint density at radius 2 is 1.74 bits per heavy atom. The van der Waals surface area contributed by atoms with Crippen LogP contribution in [0.3, 0.4) is 0 Å². The number of nitrogens with one attached hydrogen (secondary N) is 1. The lowest BCUT2D eigenvalue weighted by Crippen LogP contribution is -2.52. The third-order valence-electron chi connectivity index (χ3n) is 7.33. The minimum atomic E-state index is -1.07. The summed E-state index contributed by atoms with van der Waals surface area (Å²) >= 11 is 12.9. The topological polar surface area (TPSA) is 58.6 Å². The molecule has 5 rings (SSSR count). The Morgan fingerprint density at radius 1 is 0.971 bits per heavy atom. The van der Waals surface area contributed by atoms with Crippen LogP contribution in [0.5, 0.6) is 5.75 Å². The smallest absolute Gasteiger partial charge is 0.329 e. The summed E-state index contributed by atoms with van der Waals surface area (Å²) in [5.74, 6) is -0.139. The van der Waals surface area contributed by atoms with Crippen LogP contribution >= 0.6 is 23.2 Å². The fourth-order valence-corrected chi connectivity index (χ4v) is 6.01. The molecule has 34 heavy (non-hydrogen) atoms. The van der Waals surface area contributed by atoms with E-state index in [1.54, 1.807) is 19.2 Å². The Morgan fingerprint density at radius 3 is 2.41 bits per heavy atom. The third kappa shape index (κ3) is 3.75. The Labute approximate surface area is 209 Å². The van der Waals surface area contributed by atoms with Gasteiger partial charge in [0.15, 0.2) is 0 Å². The summed E-state index contributed by atoms with van der Waals surface area (Å²) in [4.78, 5) is 12.5. The van der Waals surface area contributed by atoms with E-state index in [4.69, 9.17) is 27.9 Å². The van der Waals surface area contributed by atoms with Gasteiger partial charge in [0.05, 0.1) is 12.1 Å². The molecule has 0 amide bonds. The van der Waals surface area contributed by atoms with Crippen LogP contribution in [0.25, 0.3) is 11.6 Å². The minimum Gasteiger partial charge on any atom is -0.497 e. The average Bonchev–Trinajstić information content (AvgIpc) is 3.14. The first-order valence-electron chi connectivity index (χ1n) is 11.3. The largest absolute Gasteiger partial charge is 0.497 e. The predicted octanol–water partition coefficient (Wildman–Crippen LogP) is 7.30. The first kappa shape index (κ1) is 22.8. The molecule has 2 N–H and O–H groups in total. The number of carboxylic acid groups (broad SMARTS) is 1. The lowest BCUT2D eigenvalue weighted by molar-refractivity contribution is -0.143. The van der Waals surface area contributed by atoms with Crippen molar-refractivity contribution in [1.29, 1.82) is 0 Å². The van der Waals surface area contributed by atoms with Crippen molar-refractivity contribution < 1.29 is 14.6 Å². The van der Waals surface area contributed by atoms with Crippen molar-refractivity contribution in [2.24, 2.45) is 0 Å². The van der Waals surface area contributed by atoms with E-state index < -0.39 is 11.5 Å². The Bertz CT molecular complexity index is 1290. The molecular weight excluding hydrogens is 469 g/mol. The number of aliphatic carboxylic acids is 1. The average molecular weight is 494 g/mol. The van der Waals surface area contributed by atoms with Crippen molar-refractivity contribution in [2.75, 3.05) is 12.4 Å². The van der Waals surface area contributed by atoms with Crippen LogP contribution in [-0.2, 0) is 10.2 Å². The first-order valence-corrected chi connectivity index (χ1v) is 12.1. The lowest BCUT2D eigenvalue weighted by Gasteiger charge is -2.45. The van der Waals surface area contributed by atoms with Gasteiger partial charge in [-0.2, -0.15) is 0 Å². The molecule has 2 aliphatic rings. The zero-order valence-electron chi connectivity index (χ0n) is 18.8. The van der Waals surface area contributed by atoms with Gasteiger partial charge in [0.2, 0.25) is 0 Å². The van der Waals surface area contributed by atoms with Crippen molar-refractivity contribution in [2.45, 2.75) is 36.6 Å². The second-order valence-electron chi connectivity index (χ2n) is 9.10. The summed E-state index contributed by atoms with van der Waals surface area (Å²) < 4.78 is 5.34. The van der Waals surface area contributed by atoms with E-state index in [1.165, 1.54) is 5.56 Å². The van der Waals surface area contributed by atoms with Gasteiger partial charge in [-0.3, -0.25) is 0 Å². The van der Waals surface area contributed by atoms with Crippen molar-refractivity contribution >= 4 is 46.5 Å². The number of anilines is 1. The number of hydrogen-bond donors (Lipinski definition) is 2. The van der Waals surface area contributed by atoms with Crippen LogP contribution in [0.2, 0.25) is 10.0 Å². The van der Waals surface area contributed by atoms with Crippen LogP contribution in [0.1, 0.15) is 42.4 Å². The molecule has 0 heterocycles. The molecule has 0 saturated heterocycles. The highest BCUT2D eigenvalue weighted by molar-refractivity contribution is 6.33. The molecule has 3 aromatic carbocycles. The lowest BCUT2D eigenvalue weighted by atomic mass is 9.61. The van der Waals surface area contributed by atoms with Crippen LogP contribution < -0.4 is 10.1 Å². The highest BCUT2D eigenvalue weighted by atomic mass is 35.5. The maximum absolute atomic E-state index is 12.5. The monoisotopic (exact) mass is 493 g/mol. The van der Waals surface area contributed by atoms with Gasteiger partial charge < -0.3 is 15.2 Å². The maximum Gasteiger partial charge on any atom is 0.329 e. The number of halogens is 2. The van der Waals surface area contributed by atoms with E-state index >= 15 is 0 Å². The van der Waals surface area contributed by atoms with E-state index in [9.17, 15) is 9.90 Å². The van der Waals surface area contributed by atoms with E-state index in [1.807, 2.05) is 36.4 Å². The second-order valence-corrected chi connectivity index (χ2v) is 9.94. The summed E-state index contributed by atoms with van der Waals surface area (Å²) in [7, 11) is 1.62. The summed E-state index contributed by atoms with van der Waals surface area (Å²) in [6, 6.07) is 21.3. The molecule has 0 aromatic heterocycles. The van der Waals surface area contributed by atoms with Gasteiger partial charge in [-0.1, -0.05) is 53.5 Å². The summed E-state index contributed by atoms with van der Waals surface area (Å²) in [5, 5.41) is 14.8. The summed E-state index contributed by atoms with van der Waals surface area (Å²) in [5.41, 5.74) is 3.85. The highest BCUT2D eigenvalue weighted by Gasteiger charge is 2.52. The molecule has 1 saturated carbocycles. The minimum absolute atomic E-state index is 0.302. The van der Waals surface area contributed by atoms with Crippen molar-refractivity contribution in [3.05, 3.63) is 93.5 Å². The molecule has 6 heteroatoms. The number of ether oxygens (including phenoxy) is 1. The van der Waals surface area contributed by atoms with Crippen molar-refractivity contribution in [3.8, 4) is 5.75 Å². The van der Waals surface area contributed by atoms with Gasteiger partial charge in [-0.15, -0.1) is 0 Å². The summed E-state index contributed by atoms with van der Waals surface area (Å²) in [6.07, 6.45) is 4.50. The number of methoxy groups -OCH3 is 1. The highest BCUT2D eigenvalue weighted by Crippen LogP contribution is 2.57. The molecule has 0 radical (unpaired) electrons. The van der Waals surface area contributed by atoms with Gasteiger partial charge >= 0.3 is 5.97 Å². The van der Waals surface area contributed by atoms with Crippen LogP contribution in [0.4, 0.5) is 5.69 Å². The molecule has 174 valence electrons. The Balaban J connectivity index is 1.53. The second kappa shape index (κ2) is 8.68. The van der Waals surface area contributed by atoms with E-state index in [0.717, 1.165) is 16.7 Å². The maximum atomic E-state index is 12.5. The van der Waals surface area contributed by atoms with E-state index in [0.29, 0.717) is 47.2 Å². The summed E-state index contributed by atoms with van der Waals surface area (Å²) in [6.45, 7) is 0. The zero-order valence-corrected chi connectivity index (χ0v) is 20.3. The molecule has 1 spiro atoms. The SMILES string of the molecule is COc1ccc(C2=Cc3ccccc3C23CCC(Nc2cccc(Cl)c2)(C(=O)O)CC3)c(Cl)c1. The molecule has 4 nitrogen and oxygen atoms in total. The number of fused-ring (bicyclic) bond motifs is 2. The van der Waals surface area contributed by atoms with E-state index in [-0.39, 0.29) is 5.41 Å². The molecule has 3 aromatic rings. The number of rotatable bonds is 5. The van der Waals surface area contributed by atoms with E-state index in [2.05, 4.69) is 29.6 Å². The Hall–Kier alpha value is -2.95. The number of benzene rings is 3. The fourth-order valence-electron chi connectivity index (χ4n) is 5.55. The molecule has 0 atom stereocenters. The quantitative estimate of drug-likeness (QED) is 0.391. The van der Waals surface area contributed by atoms with Crippen molar-refractivity contribution in [3.63, 3.8) is 0 Å². The van der Waals surface area contributed by atoms with Gasteiger partial charge in [0, 0.05) is 16.1 Å². The van der Waals surface area contributed by atoms with Gasteiger partial charge in [0.25, 0.3) is 0 Å². The Kier molecular flexibility index (Phi) is 5.83. The fraction of sp³-hybridized carbons (Fsp3) is 0.250. The number of hydrogen-bond acceptors (Lipinski definition) is 3. The molecule has 0 bridgehead atoms. The normalized spacial score (nSPS) is 23.3. The van der Waals surface area contributed by atoms with Gasteiger partial charge in [0.1, 0.15) is 11.3 Å². The molecule has 1 fully saturated rings. The third-order valence-corrected chi connectivity index (χ3v) is 7.88. The number of carbonyl (C=O) groups is 1.